The number of esters is 1. The van der Waals surface area contributed by atoms with E-state index in [1.54, 1.807) is 24.3 Å². The number of ether oxygens (including phenoxy) is 1. The van der Waals surface area contributed by atoms with Gasteiger partial charge in [0, 0.05) is 0 Å². The molecule has 3 aliphatic rings. The van der Waals surface area contributed by atoms with Crippen molar-refractivity contribution >= 4 is 23.5 Å². The second-order valence-corrected chi connectivity index (χ2v) is 9.15. The standard InChI is InChI=1S/C26H25NO4/c1-14(2)20-10-7-15(3)11-21(20)31-26(30)18-5-4-6-19(13-18)27-24(28)22-16-8-9-17(12-16)23(22)25(27)29/h4-11,13-14,16-17,22-23H,12H2,1-3H3. The summed E-state index contributed by atoms with van der Waals surface area (Å²) in [6, 6.07) is 12.4. The summed E-state index contributed by atoms with van der Waals surface area (Å²) in [5.74, 6) is -0.292. The number of anilines is 1. The molecular formula is C26H25NO4. The van der Waals surface area contributed by atoms with Crippen molar-refractivity contribution in [3.8, 4) is 5.75 Å². The number of fused-ring (bicyclic) bond motifs is 5. The molecule has 2 aliphatic carbocycles. The molecule has 0 spiro atoms. The quantitative estimate of drug-likeness (QED) is 0.316. The highest BCUT2D eigenvalue weighted by atomic mass is 16.5. The minimum absolute atomic E-state index is 0.153. The van der Waals surface area contributed by atoms with Gasteiger partial charge < -0.3 is 4.74 Å². The van der Waals surface area contributed by atoms with Crippen LogP contribution in [-0.2, 0) is 9.59 Å². The molecule has 1 saturated carbocycles. The van der Waals surface area contributed by atoms with Gasteiger partial charge in [0.2, 0.25) is 11.8 Å². The van der Waals surface area contributed by atoms with Gasteiger partial charge in [0.1, 0.15) is 5.75 Å². The van der Waals surface area contributed by atoms with Crippen molar-refractivity contribution in [2.45, 2.75) is 33.1 Å². The predicted octanol–water partition coefficient (Wildman–Crippen LogP) is 4.65. The molecule has 2 aromatic carbocycles. The number of hydrogen-bond donors (Lipinski definition) is 0. The maximum absolute atomic E-state index is 13.1. The third-order valence-corrected chi connectivity index (χ3v) is 6.80. The SMILES string of the molecule is Cc1ccc(C(C)C)c(OC(=O)c2cccc(N3C(=O)C4C5C=CC(C5)C4C3=O)c2)c1. The van der Waals surface area contributed by atoms with Crippen molar-refractivity contribution in [3.05, 3.63) is 71.3 Å². The Morgan fingerprint density at radius 3 is 2.32 bits per heavy atom. The number of allylic oxidation sites excluding steroid dienone is 2. The highest BCUT2D eigenvalue weighted by Gasteiger charge is 2.59. The van der Waals surface area contributed by atoms with Crippen molar-refractivity contribution in [2.24, 2.45) is 23.7 Å². The summed E-state index contributed by atoms with van der Waals surface area (Å²) in [6.07, 6.45) is 5.03. The average molecular weight is 415 g/mol. The Hall–Kier alpha value is -3.21. The molecule has 0 aromatic heterocycles. The van der Waals surface area contributed by atoms with E-state index < -0.39 is 5.97 Å². The Balaban J connectivity index is 1.42. The van der Waals surface area contributed by atoms with E-state index in [4.69, 9.17) is 4.74 Å². The third kappa shape index (κ3) is 3.11. The molecule has 0 radical (unpaired) electrons. The monoisotopic (exact) mass is 415 g/mol. The molecule has 5 nitrogen and oxygen atoms in total. The van der Waals surface area contributed by atoms with Crippen LogP contribution < -0.4 is 9.64 Å². The summed E-state index contributed by atoms with van der Waals surface area (Å²) >= 11 is 0. The summed E-state index contributed by atoms with van der Waals surface area (Å²) in [4.78, 5) is 40.3. The topological polar surface area (TPSA) is 63.7 Å². The maximum Gasteiger partial charge on any atom is 0.343 e. The van der Waals surface area contributed by atoms with Gasteiger partial charge in [-0.2, -0.15) is 0 Å². The number of amides is 2. The molecule has 5 heteroatoms. The summed E-state index contributed by atoms with van der Waals surface area (Å²) in [6.45, 7) is 6.05. The van der Waals surface area contributed by atoms with Gasteiger partial charge in [-0.25, -0.2) is 9.69 Å². The summed E-state index contributed by atoms with van der Waals surface area (Å²) in [5, 5.41) is 0. The minimum Gasteiger partial charge on any atom is -0.423 e. The van der Waals surface area contributed by atoms with Crippen LogP contribution in [0.1, 0.15) is 47.7 Å². The molecule has 2 amide bonds. The molecule has 2 bridgehead atoms. The minimum atomic E-state index is -0.504. The fourth-order valence-corrected chi connectivity index (χ4v) is 5.29. The maximum atomic E-state index is 13.1. The summed E-state index contributed by atoms with van der Waals surface area (Å²) in [7, 11) is 0. The van der Waals surface area contributed by atoms with Crippen molar-refractivity contribution in [1.29, 1.82) is 0 Å². The highest BCUT2D eigenvalue weighted by Crippen LogP contribution is 2.53. The van der Waals surface area contributed by atoms with Crippen LogP contribution in [0.5, 0.6) is 5.75 Å². The molecule has 5 rings (SSSR count). The predicted molar refractivity (Wildman–Crippen MR) is 117 cm³/mol. The molecule has 158 valence electrons. The Kier molecular flexibility index (Phi) is 4.58. The number of rotatable bonds is 4. The van der Waals surface area contributed by atoms with Gasteiger partial charge in [-0.1, -0.05) is 44.2 Å². The van der Waals surface area contributed by atoms with E-state index in [2.05, 4.69) is 12.2 Å². The molecule has 2 aromatic rings. The van der Waals surface area contributed by atoms with E-state index in [0.29, 0.717) is 17.0 Å². The van der Waals surface area contributed by atoms with Gasteiger partial charge in [-0.3, -0.25) is 9.59 Å². The lowest BCUT2D eigenvalue weighted by Gasteiger charge is -2.18. The molecular weight excluding hydrogens is 390 g/mol. The van der Waals surface area contributed by atoms with E-state index in [1.165, 1.54) is 4.90 Å². The molecule has 2 fully saturated rings. The van der Waals surface area contributed by atoms with Crippen molar-refractivity contribution in [2.75, 3.05) is 4.90 Å². The van der Waals surface area contributed by atoms with Crippen LogP contribution in [-0.4, -0.2) is 17.8 Å². The molecule has 4 unspecified atom stereocenters. The van der Waals surface area contributed by atoms with Gasteiger partial charge in [0.15, 0.2) is 0 Å². The smallest absolute Gasteiger partial charge is 0.343 e. The number of aryl methyl sites for hydroxylation is 1. The van der Waals surface area contributed by atoms with Gasteiger partial charge in [0.05, 0.1) is 23.1 Å². The fourth-order valence-electron chi connectivity index (χ4n) is 5.29. The zero-order valence-corrected chi connectivity index (χ0v) is 17.9. The average Bonchev–Trinajstić information content (AvgIpc) is 3.41. The van der Waals surface area contributed by atoms with Gasteiger partial charge >= 0.3 is 5.97 Å². The lowest BCUT2D eigenvalue weighted by molar-refractivity contribution is -0.123. The molecule has 1 saturated heterocycles. The largest absolute Gasteiger partial charge is 0.423 e. The Labute approximate surface area is 181 Å². The zero-order chi connectivity index (χ0) is 21.9. The fraction of sp³-hybridized carbons (Fsp3) is 0.346. The highest BCUT2D eigenvalue weighted by molar-refractivity contribution is 6.23. The molecule has 0 N–H and O–H groups in total. The Morgan fingerprint density at radius 1 is 1.00 bits per heavy atom. The zero-order valence-electron chi connectivity index (χ0n) is 17.9. The first-order valence-electron chi connectivity index (χ1n) is 10.8. The van der Waals surface area contributed by atoms with E-state index >= 15 is 0 Å². The first kappa shape index (κ1) is 19.7. The molecule has 1 aliphatic heterocycles. The number of benzene rings is 2. The third-order valence-electron chi connectivity index (χ3n) is 6.80. The normalized spacial score (nSPS) is 26.1. The van der Waals surface area contributed by atoms with Gasteiger partial charge in [-0.15, -0.1) is 0 Å². The van der Waals surface area contributed by atoms with Crippen molar-refractivity contribution in [1.82, 2.24) is 0 Å². The lowest BCUT2D eigenvalue weighted by atomic mass is 9.85. The van der Waals surface area contributed by atoms with Gasteiger partial charge in [0.25, 0.3) is 0 Å². The van der Waals surface area contributed by atoms with Crippen LogP contribution in [0.2, 0.25) is 0 Å². The van der Waals surface area contributed by atoms with Crippen LogP contribution >= 0.6 is 0 Å². The van der Waals surface area contributed by atoms with Crippen LogP contribution in [0, 0.1) is 30.6 Å². The van der Waals surface area contributed by atoms with Crippen molar-refractivity contribution < 1.29 is 19.1 Å². The van der Waals surface area contributed by atoms with Crippen molar-refractivity contribution in [3.63, 3.8) is 0 Å². The van der Waals surface area contributed by atoms with Crippen LogP contribution in [0.4, 0.5) is 5.69 Å². The number of hydrogen-bond acceptors (Lipinski definition) is 4. The van der Waals surface area contributed by atoms with E-state index in [0.717, 1.165) is 17.5 Å². The summed E-state index contributed by atoms with van der Waals surface area (Å²) < 4.78 is 5.73. The molecule has 1 heterocycles. The van der Waals surface area contributed by atoms with Crippen LogP contribution in [0.15, 0.2) is 54.6 Å². The number of carbonyl (C=O) groups excluding carboxylic acids is 3. The molecule has 4 atom stereocenters. The van der Waals surface area contributed by atoms with E-state index in [9.17, 15) is 14.4 Å². The van der Waals surface area contributed by atoms with E-state index in [-0.39, 0.29) is 41.4 Å². The number of imide groups is 1. The summed E-state index contributed by atoms with van der Waals surface area (Å²) in [5.41, 5.74) is 2.71. The second-order valence-electron chi connectivity index (χ2n) is 9.15. The number of nitrogens with zero attached hydrogens (tertiary/aromatic N) is 1. The lowest BCUT2D eigenvalue weighted by Crippen LogP contribution is -2.33. The van der Waals surface area contributed by atoms with Crippen LogP contribution in [0.25, 0.3) is 0 Å². The molecule has 31 heavy (non-hydrogen) atoms. The Morgan fingerprint density at radius 2 is 1.68 bits per heavy atom. The van der Waals surface area contributed by atoms with E-state index in [1.807, 2.05) is 39.0 Å². The second kappa shape index (κ2) is 7.19. The van der Waals surface area contributed by atoms with Crippen LogP contribution in [0.3, 0.4) is 0 Å². The first-order valence-corrected chi connectivity index (χ1v) is 10.8. The Bertz CT molecular complexity index is 1100. The first-order chi connectivity index (χ1) is 14.8. The van der Waals surface area contributed by atoms with Gasteiger partial charge in [-0.05, 0) is 66.5 Å². The number of carbonyl (C=O) groups is 3.